The maximum Gasteiger partial charge on any atom is 0.237 e. The fraction of sp³-hybridized carbons (Fsp3) is 0.923. The lowest BCUT2D eigenvalue weighted by Crippen LogP contribution is -2.51. The van der Waals surface area contributed by atoms with E-state index in [4.69, 9.17) is 5.73 Å². The van der Waals surface area contributed by atoms with Crippen molar-refractivity contribution in [1.82, 2.24) is 5.32 Å². The number of thioether (sulfide) groups is 1. The summed E-state index contributed by atoms with van der Waals surface area (Å²) in [6, 6.07) is -0.0516. The zero-order valence-corrected chi connectivity index (χ0v) is 12.1. The molecule has 0 saturated heterocycles. The van der Waals surface area contributed by atoms with Gasteiger partial charge in [0.25, 0.3) is 0 Å². The van der Waals surface area contributed by atoms with Crippen LogP contribution in [0.4, 0.5) is 0 Å². The number of carbonyl (C=O) groups excluding carboxylic acids is 1. The van der Waals surface area contributed by atoms with Crippen molar-refractivity contribution < 1.29 is 4.79 Å². The second-order valence-corrected chi connectivity index (χ2v) is 6.67. The van der Waals surface area contributed by atoms with Gasteiger partial charge in [0.1, 0.15) is 0 Å². The molecule has 1 rings (SSSR count). The van der Waals surface area contributed by atoms with Crippen LogP contribution >= 0.6 is 11.8 Å². The highest BCUT2D eigenvalue weighted by Gasteiger charge is 2.33. The minimum absolute atomic E-state index is 0.0269. The van der Waals surface area contributed by atoms with Crippen LogP contribution in [0.2, 0.25) is 0 Å². The highest BCUT2D eigenvalue weighted by atomic mass is 32.2. The number of rotatable bonds is 5. The molecule has 0 aromatic carbocycles. The first-order chi connectivity index (χ1) is 7.97. The first-order valence-electron chi connectivity index (χ1n) is 6.52. The Labute approximate surface area is 109 Å². The van der Waals surface area contributed by atoms with Gasteiger partial charge in [-0.25, -0.2) is 0 Å². The normalized spacial score (nSPS) is 25.3. The third-order valence-electron chi connectivity index (χ3n) is 3.79. The molecule has 0 aliphatic heterocycles. The Kier molecular flexibility index (Phi) is 5.80. The lowest BCUT2D eigenvalue weighted by atomic mass is 9.73. The maximum absolute atomic E-state index is 12.0. The van der Waals surface area contributed by atoms with E-state index in [-0.39, 0.29) is 17.4 Å². The summed E-state index contributed by atoms with van der Waals surface area (Å²) in [5.74, 6) is 0.974. The van der Waals surface area contributed by atoms with Crippen LogP contribution in [-0.4, -0.2) is 30.0 Å². The molecule has 3 nitrogen and oxygen atoms in total. The quantitative estimate of drug-likeness (QED) is 0.794. The molecule has 4 heteroatoms. The number of hydrogen-bond donors (Lipinski definition) is 2. The van der Waals surface area contributed by atoms with Crippen LogP contribution in [0.15, 0.2) is 0 Å². The summed E-state index contributed by atoms with van der Waals surface area (Å²) >= 11 is 1.73. The number of nitrogens with one attached hydrogen (secondary N) is 1. The van der Waals surface area contributed by atoms with E-state index in [9.17, 15) is 4.79 Å². The molecule has 2 atom stereocenters. The van der Waals surface area contributed by atoms with Gasteiger partial charge in [0.2, 0.25) is 5.91 Å². The van der Waals surface area contributed by atoms with Crippen molar-refractivity contribution >= 4 is 17.7 Å². The molecule has 1 aliphatic rings. The van der Waals surface area contributed by atoms with Gasteiger partial charge in [-0.2, -0.15) is 11.8 Å². The number of amides is 1. The molecule has 0 bridgehead atoms. The lowest BCUT2D eigenvalue weighted by Gasteiger charge is -2.39. The van der Waals surface area contributed by atoms with Crippen molar-refractivity contribution in [2.45, 2.75) is 58.0 Å². The van der Waals surface area contributed by atoms with Gasteiger partial charge in [0.05, 0.1) is 6.04 Å². The molecule has 1 aliphatic carbocycles. The van der Waals surface area contributed by atoms with E-state index in [0.717, 1.165) is 18.6 Å². The van der Waals surface area contributed by atoms with Crippen LogP contribution in [-0.2, 0) is 4.79 Å². The zero-order valence-electron chi connectivity index (χ0n) is 11.3. The van der Waals surface area contributed by atoms with Crippen molar-refractivity contribution in [3.63, 3.8) is 0 Å². The number of nitrogens with two attached hydrogens (primary N) is 1. The molecule has 1 unspecified atom stereocenters. The van der Waals surface area contributed by atoms with Gasteiger partial charge < -0.3 is 11.1 Å². The van der Waals surface area contributed by atoms with Crippen molar-refractivity contribution in [3.8, 4) is 0 Å². The molecule has 1 amide bonds. The van der Waals surface area contributed by atoms with Crippen LogP contribution in [0.25, 0.3) is 0 Å². The molecule has 0 aromatic heterocycles. The second kappa shape index (κ2) is 6.64. The lowest BCUT2D eigenvalue weighted by molar-refractivity contribution is -0.124. The Morgan fingerprint density at radius 3 is 2.82 bits per heavy atom. The summed E-state index contributed by atoms with van der Waals surface area (Å²) in [4.78, 5) is 12.0. The molecule has 100 valence electrons. The van der Waals surface area contributed by atoms with E-state index in [0.29, 0.717) is 6.04 Å². The van der Waals surface area contributed by atoms with Gasteiger partial charge >= 0.3 is 0 Å². The Balaban J connectivity index is 2.43. The summed E-state index contributed by atoms with van der Waals surface area (Å²) < 4.78 is 0. The Hall–Kier alpha value is -0.220. The molecule has 1 fully saturated rings. The standard InChI is InChI=1S/C13H26N2OS/c1-13(2)8-5-4-6-11(13)15-12(16)10(14)7-9-17-3/h10-11H,4-9,14H2,1-3H3,(H,15,16)/t10-,11?/m0/s1. The van der Waals surface area contributed by atoms with E-state index in [1.165, 1.54) is 19.3 Å². The van der Waals surface area contributed by atoms with Gasteiger partial charge in [-0.05, 0) is 36.7 Å². The van der Waals surface area contributed by atoms with Gasteiger partial charge in [0.15, 0.2) is 0 Å². The Bertz CT molecular complexity index is 256. The maximum atomic E-state index is 12.0. The van der Waals surface area contributed by atoms with Gasteiger partial charge in [0, 0.05) is 6.04 Å². The van der Waals surface area contributed by atoms with Gasteiger partial charge in [-0.15, -0.1) is 0 Å². The minimum atomic E-state index is -0.347. The summed E-state index contributed by atoms with van der Waals surface area (Å²) in [5, 5.41) is 3.14. The van der Waals surface area contributed by atoms with Crippen LogP contribution < -0.4 is 11.1 Å². The van der Waals surface area contributed by atoms with Crippen LogP contribution in [0.1, 0.15) is 46.0 Å². The zero-order chi connectivity index (χ0) is 12.9. The molecule has 0 spiro atoms. The Morgan fingerprint density at radius 1 is 1.53 bits per heavy atom. The fourth-order valence-electron chi connectivity index (χ4n) is 2.42. The van der Waals surface area contributed by atoms with Crippen molar-refractivity contribution in [2.24, 2.45) is 11.1 Å². The first-order valence-corrected chi connectivity index (χ1v) is 7.91. The highest BCUT2D eigenvalue weighted by Crippen LogP contribution is 2.35. The summed E-state index contributed by atoms with van der Waals surface area (Å²) in [7, 11) is 0. The largest absolute Gasteiger partial charge is 0.351 e. The third-order valence-corrected chi connectivity index (χ3v) is 4.44. The van der Waals surface area contributed by atoms with Gasteiger partial charge in [-0.3, -0.25) is 4.79 Å². The Morgan fingerprint density at radius 2 is 2.24 bits per heavy atom. The molecule has 0 radical (unpaired) electrons. The highest BCUT2D eigenvalue weighted by molar-refractivity contribution is 7.98. The predicted octanol–water partition coefficient (Wildman–Crippen LogP) is 2.15. The van der Waals surface area contributed by atoms with E-state index < -0.39 is 0 Å². The average molecular weight is 258 g/mol. The smallest absolute Gasteiger partial charge is 0.237 e. The molecular formula is C13H26N2OS. The van der Waals surface area contributed by atoms with Gasteiger partial charge in [-0.1, -0.05) is 26.7 Å². The molecule has 17 heavy (non-hydrogen) atoms. The topological polar surface area (TPSA) is 55.1 Å². The van der Waals surface area contributed by atoms with Crippen LogP contribution in [0, 0.1) is 5.41 Å². The van der Waals surface area contributed by atoms with Crippen LogP contribution in [0.3, 0.4) is 0 Å². The number of hydrogen-bond acceptors (Lipinski definition) is 3. The summed E-state index contributed by atoms with van der Waals surface area (Å²) in [5.41, 5.74) is 6.10. The average Bonchev–Trinajstić information content (AvgIpc) is 2.28. The summed E-state index contributed by atoms with van der Waals surface area (Å²) in [6.07, 6.45) is 7.58. The molecule has 0 aromatic rings. The molecule has 3 N–H and O–H groups in total. The van der Waals surface area contributed by atoms with E-state index >= 15 is 0 Å². The van der Waals surface area contributed by atoms with Crippen molar-refractivity contribution in [3.05, 3.63) is 0 Å². The van der Waals surface area contributed by atoms with Crippen molar-refractivity contribution in [1.29, 1.82) is 0 Å². The molecule has 1 saturated carbocycles. The third kappa shape index (κ3) is 4.51. The van der Waals surface area contributed by atoms with E-state index in [1.54, 1.807) is 11.8 Å². The monoisotopic (exact) mass is 258 g/mol. The minimum Gasteiger partial charge on any atom is -0.351 e. The van der Waals surface area contributed by atoms with Crippen LogP contribution in [0.5, 0.6) is 0 Å². The second-order valence-electron chi connectivity index (χ2n) is 5.68. The first kappa shape index (κ1) is 14.8. The molecule has 0 heterocycles. The number of carbonyl (C=O) groups is 1. The summed E-state index contributed by atoms with van der Waals surface area (Å²) in [6.45, 7) is 4.48. The molecular weight excluding hydrogens is 232 g/mol. The fourth-order valence-corrected chi connectivity index (χ4v) is 2.91. The van der Waals surface area contributed by atoms with E-state index in [2.05, 4.69) is 19.2 Å². The van der Waals surface area contributed by atoms with Crippen molar-refractivity contribution in [2.75, 3.05) is 12.0 Å². The van der Waals surface area contributed by atoms with E-state index in [1.807, 2.05) is 6.26 Å². The SMILES string of the molecule is CSCC[C@H](N)C(=O)NC1CCCCC1(C)C. The predicted molar refractivity (Wildman–Crippen MR) is 75.2 cm³/mol.